The van der Waals surface area contributed by atoms with Gasteiger partial charge in [0.1, 0.15) is 22.4 Å². The molecule has 21 heavy (non-hydrogen) atoms. The molecule has 2 aromatic rings. The third-order valence-corrected chi connectivity index (χ3v) is 3.07. The van der Waals surface area contributed by atoms with Crippen LogP contribution in [0.2, 0.25) is 5.02 Å². The summed E-state index contributed by atoms with van der Waals surface area (Å²) in [6.07, 6.45) is 0. The van der Waals surface area contributed by atoms with E-state index in [-0.39, 0.29) is 16.5 Å². The Hall–Kier alpha value is -2.60. The van der Waals surface area contributed by atoms with Crippen LogP contribution in [-0.2, 0) is 0 Å². The number of nitrogens with one attached hydrogen (secondary N) is 1. The molecule has 7 heteroatoms. The van der Waals surface area contributed by atoms with E-state index in [9.17, 15) is 10.1 Å². The molecule has 6 nitrogen and oxygen atoms in total. The molecular weight excluding hydrogens is 294 g/mol. The van der Waals surface area contributed by atoms with Crippen LogP contribution in [0, 0.1) is 22.4 Å². The van der Waals surface area contributed by atoms with Gasteiger partial charge < -0.3 is 10.5 Å². The van der Waals surface area contributed by atoms with E-state index in [0.29, 0.717) is 17.1 Å². The number of nitrogens with zero attached hydrogens (tertiary/aromatic N) is 1. The first-order chi connectivity index (χ1) is 9.88. The highest BCUT2D eigenvalue weighted by Gasteiger charge is 2.14. The number of nitrogen functional groups attached to an aromatic ring is 1. The third-order valence-electron chi connectivity index (χ3n) is 2.77. The number of ether oxygens (including phenoxy) is 1. The molecule has 0 saturated heterocycles. The Kier molecular flexibility index (Phi) is 4.09. The minimum absolute atomic E-state index is 0.0190. The van der Waals surface area contributed by atoms with Crippen molar-refractivity contribution in [1.29, 1.82) is 5.41 Å². The Balaban J connectivity index is 2.38. The van der Waals surface area contributed by atoms with Crippen molar-refractivity contribution < 1.29 is 9.66 Å². The average Bonchev–Trinajstić information content (AvgIpc) is 2.37. The summed E-state index contributed by atoms with van der Waals surface area (Å²) in [5.74, 6) is 0.601. The second kappa shape index (κ2) is 5.80. The molecule has 0 aliphatic carbocycles. The van der Waals surface area contributed by atoms with E-state index >= 15 is 0 Å². The zero-order valence-corrected chi connectivity index (χ0v) is 11.8. The van der Waals surface area contributed by atoms with E-state index in [4.69, 9.17) is 27.5 Å². The van der Waals surface area contributed by atoms with Crippen molar-refractivity contribution in [3.63, 3.8) is 0 Å². The lowest BCUT2D eigenvalue weighted by molar-refractivity contribution is -0.384. The number of nitrogens with two attached hydrogens (primary N) is 1. The normalized spacial score (nSPS) is 10.2. The monoisotopic (exact) mass is 305 g/mol. The van der Waals surface area contributed by atoms with Crippen molar-refractivity contribution in [2.45, 2.75) is 6.92 Å². The van der Waals surface area contributed by atoms with Crippen molar-refractivity contribution in [2.24, 2.45) is 5.73 Å². The number of hydrogen-bond acceptors (Lipinski definition) is 4. The van der Waals surface area contributed by atoms with E-state index in [1.165, 1.54) is 18.2 Å². The molecule has 0 spiro atoms. The van der Waals surface area contributed by atoms with Gasteiger partial charge in [0, 0.05) is 12.1 Å². The number of halogens is 1. The molecule has 0 aliphatic rings. The molecule has 2 aromatic carbocycles. The zero-order chi connectivity index (χ0) is 15.6. The molecule has 3 N–H and O–H groups in total. The van der Waals surface area contributed by atoms with Crippen LogP contribution in [0.25, 0.3) is 0 Å². The summed E-state index contributed by atoms with van der Waals surface area (Å²) in [6.45, 7) is 1.87. The lowest BCUT2D eigenvalue weighted by atomic mass is 10.1. The van der Waals surface area contributed by atoms with Crippen LogP contribution < -0.4 is 10.5 Å². The predicted octanol–water partition coefficient (Wildman–Crippen LogP) is 3.63. The number of aryl methyl sites for hydroxylation is 1. The van der Waals surface area contributed by atoms with Gasteiger partial charge in [-0.2, -0.15) is 0 Å². The van der Waals surface area contributed by atoms with Crippen LogP contribution in [0.5, 0.6) is 11.5 Å². The molecule has 0 atom stereocenters. The van der Waals surface area contributed by atoms with Crippen LogP contribution in [0.3, 0.4) is 0 Å². The maximum absolute atomic E-state index is 10.7. The number of nitro groups is 1. The molecular formula is C14H12ClN3O3. The smallest absolute Gasteiger partial charge is 0.288 e. The fraction of sp³-hybridized carbons (Fsp3) is 0.0714. The van der Waals surface area contributed by atoms with Gasteiger partial charge in [0.25, 0.3) is 5.69 Å². The molecule has 0 fully saturated rings. The van der Waals surface area contributed by atoms with Crippen molar-refractivity contribution in [3.05, 3.63) is 62.7 Å². The van der Waals surface area contributed by atoms with Crippen LogP contribution in [-0.4, -0.2) is 10.8 Å². The van der Waals surface area contributed by atoms with E-state index in [0.717, 1.165) is 5.56 Å². The zero-order valence-electron chi connectivity index (χ0n) is 11.1. The maximum atomic E-state index is 10.7. The topological polar surface area (TPSA) is 102 Å². The summed E-state index contributed by atoms with van der Waals surface area (Å²) < 4.78 is 5.64. The van der Waals surface area contributed by atoms with E-state index in [2.05, 4.69) is 0 Å². The van der Waals surface area contributed by atoms with E-state index in [1.807, 2.05) is 13.0 Å². The second-order valence-corrected chi connectivity index (χ2v) is 4.79. The Labute approximate surface area is 125 Å². The highest BCUT2D eigenvalue weighted by atomic mass is 35.5. The Morgan fingerprint density at radius 3 is 2.62 bits per heavy atom. The molecule has 0 aliphatic heterocycles. The standard InChI is InChI=1S/C14H12ClN3O3/c1-8-2-4-10(14(16)17)13(6-8)21-9-3-5-12(18(19)20)11(15)7-9/h2-7H,1H3,(H3,16,17). The van der Waals surface area contributed by atoms with Crippen molar-refractivity contribution in [1.82, 2.24) is 0 Å². The van der Waals surface area contributed by atoms with E-state index in [1.54, 1.807) is 12.1 Å². The number of benzene rings is 2. The molecule has 2 rings (SSSR count). The summed E-state index contributed by atoms with van der Waals surface area (Å²) >= 11 is 5.84. The molecule has 108 valence electrons. The first-order valence-corrected chi connectivity index (χ1v) is 6.33. The van der Waals surface area contributed by atoms with Gasteiger partial charge in [-0.1, -0.05) is 17.7 Å². The highest BCUT2D eigenvalue weighted by Crippen LogP contribution is 2.32. The van der Waals surface area contributed by atoms with Crippen LogP contribution in [0.4, 0.5) is 5.69 Å². The Morgan fingerprint density at radius 1 is 1.33 bits per heavy atom. The minimum atomic E-state index is -0.570. The van der Waals surface area contributed by atoms with E-state index < -0.39 is 4.92 Å². The lowest BCUT2D eigenvalue weighted by Crippen LogP contribution is -2.12. The van der Waals surface area contributed by atoms with Crippen molar-refractivity contribution >= 4 is 23.1 Å². The molecule has 0 saturated carbocycles. The first kappa shape index (κ1) is 14.8. The van der Waals surface area contributed by atoms with Crippen LogP contribution in [0.1, 0.15) is 11.1 Å². The average molecular weight is 306 g/mol. The van der Waals surface area contributed by atoms with Crippen molar-refractivity contribution in [3.8, 4) is 11.5 Å². The first-order valence-electron chi connectivity index (χ1n) is 5.95. The second-order valence-electron chi connectivity index (χ2n) is 4.39. The SMILES string of the molecule is Cc1ccc(C(=N)N)c(Oc2ccc([N+](=O)[O-])c(Cl)c2)c1. The van der Waals surface area contributed by atoms with Gasteiger partial charge in [-0.15, -0.1) is 0 Å². The van der Waals surface area contributed by atoms with Gasteiger partial charge in [0.15, 0.2) is 0 Å². The predicted molar refractivity (Wildman–Crippen MR) is 80.4 cm³/mol. The minimum Gasteiger partial charge on any atom is -0.457 e. The van der Waals surface area contributed by atoms with Crippen LogP contribution in [0.15, 0.2) is 36.4 Å². The number of nitro benzene ring substituents is 1. The molecule has 0 amide bonds. The van der Waals surface area contributed by atoms with Gasteiger partial charge in [0.2, 0.25) is 0 Å². The summed E-state index contributed by atoms with van der Waals surface area (Å²) in [7, 11) is 0. The molecule has 0 unspecified atom stereocenters. The largest absolute Gasteiger partial charge is 0.457 e. The molecule has 0 bridgehead atoms. The molecule has 0 heterocycles. The maximum Gasteiger partial charge on any atom is 0.288 e. The molecule has 0 aromatic heterocycles. The molecule has 0 radical (unpaired) electrons. The van der Waals surface area contributed by atoms with Gasteiger partial charge in [-0.25, -0.2) is 0 Å². The summed E-state index contributed by atoms with van der Waals surface area (Å²) in [5.41, 5.74) is 6.68. The lowest BCUT2D eigenvalue weighted by Gasteiger charge is -2.11. The number of amidine groups is 1. The fourth-order valence-corrected chi connectivity index (χ4v) is 2.00. The summed E-state index contributed by atoms with van der Waals surface area (Å²) in [6, 6.07) is 9.28. The number of rotatable bonds is 4. The van der Waals surface area contributed by atoms with Crippen molar-refractivity contribution in [2.75, 3.05) is 0 Å². The highest BCUT2D eigenvalue weighted by molar-refractivity contribution is 6.32. The fourth-order valence-electron chi connectivity index (χ4n) is 1.76. The van der Waals surface area contributed by atoms with Gasteiger partial charge in [-0.3, -0.25) is 15.5 Å². The summed E-state index contributed by atoms with van der Waals surface area (Å²) in [4.78, 5) is 10.1. The van der Waals surface area contributed by atoms with Gasteiger partial charge in [0.05, 0.1) is 10.5 Å². The Bertz CT molecular complexity index is 731. The quantitative estimate of drug-likeness (QED) is 0.389. The number of hydrogen-bond donors (Lipinski definition) is 2. The van der Waals surface area contributed by atoms with Crippen LogP contribution >= 0.6 is 11.6 Å². The van der Waals surface area contributed by atoms with Gasteiger partial charge in [-0.05, 0) is 30.7 Å². The Morgan fingerprint density at radius 2 is 2.05 bits per heavy atom. The summed E-state index contributed by atoms with van der Waals surface area (Å²) in [5, 5.41) is 18.2. The third kappa shape index (κ3) is 3.29. The van der Waals surface area contributed by atoms with Gasteiger partial charge >= 0.3 is 0 Å².